The van der Waals surface area contributed by atoms with Gasteiger partial charge in [-0.2, -0.15) is 0 Å². The van der Waals surface area contributed by atoms with Crippen LogP contribution in [0.2, 0.25) is 0 Å². The lowest BCUT2D eigenvalue weighted by Crippen LogP contribution is -2.43. The van der Waals surface area contributed by atoms with E-state index in [1.807, 2.05) is 18.2 Å². The second-order valence-electron chi connectivity index (χ2n) is 4.65. The summed E-state index contributed by atoms with van der Waals surface area (Å²) in [5.74, 6) is 5.32. The highest BCUT2D eigenvalue weighted by Crippen LogP contribution is 2.35. The Labute approximate surface area is 109 Å². The van der Waals surface area contributed by atoms with Gasteiger partial charge in [-0.05, 0) is 31.5 Å². The first-order valence-electron chi connectivity index (χ1n) is 5.53. The van der Waals surface area contributed by atoms with Gasteiger partial charge in [0.25, 0.3) is 0 Å². The van der Waals surface area contributed by atoms with Crippen molar-refractivity contribution < 1.29 is 9.59 Å². The standard InChI is InChI=1S/C12H15N3O2S/c1-12(2,11(17)15-13)7-3-4-9-8(5-7)14-10(16)6-18-9/h3-5H,6,13H2,1-2H3,(H,14,16)(H,15,17). The molecule has 0 aromatic heterocycles. The average molecular weight is 265 g/mol. The minimum Gasteiger partial charge on any atom is -0.324 e. The first-order valence-corrected chi connectivity index (χ1v) is 6.52. The van der Waals surface area contributed by atoms with Crippen LogP contribution in [0.1, 0.15) is 19.4 Å². The Bertz CT molecular complexity index is 514. The van der Waals surface area contributed by atoms with Crippen molar-refractivity contribution >= 4 is 29.3 Å². The average Bonchev–Trinajstić information content (AvgIpc) is 2.36. The maximum atomic E-state index is 11.7. The molecular formula is C12H15N3O2S. The van der Waals surface area contributed by atoms with Gasteiger partial charge in [-0.15, -0.1) is 11.8 Å². The summed E-state index contributed by atoms with van der Waals surface area (Å²) in [6.45, 7) is 3.57. The van der Waals surface area contributed by atoms with Crippen LogP contribution < -0.4 is 16.6 Å². The minimum atomic E-state index is -0.739. The van der Waals surface area contributed by atoms with Crippen LogP contribution in [0.3, 0.4) is 0 Å². The van der Waals surface area contributed by atoms with E-state index in [9.17, 15) is 9.59 Å². The highest BCUT2D eigenvalue weighted by atomic mass is 32.2. The Morgan fingerprint density at radius 2 is 2.22 bits per heavy atom. The van der Waals surface area contributed by atoms with Gasteiger partial charge in [0.2, 0.25) is 11.8 Å². The fraction of sp³-hybridized carbons (Fsp3) is 0.333. The fourth-order valence-corrected chi connectivity index (χ4v) is 2.57. The number of hydrazine groups is 1. The van der Waals surface area contributed by atoms with Crippen molar-refractivity contribution in [3.05, 3.63) is 23.8 Å². The number of anilines is 1. The number of thioether (sulfide) groups is 1. The van der Waals surface area contributed by atoms with Crippen molar-refractivity contribution in [2.45, 2.75) is 24.2 Å². The van der Waals surface area contributed by atoms with E-state index in [0.29, 0.717) is 5.75 Å². The van der Waals surface area contributed by atoms with Crippen LogP contribution >= 0.6 is 11.8 Å². The molecule has 5 nitrogen and oxygen atoms in total. The second-order valence-corrected chi connectivity index (χ2v) is 5.66. The lowest BCUT2D eigenvalue weighted by Gasteiger charge is -2.25. The van der Waals surface area contributed by atoms with Crippen molar-refractivity contribution in [2.24, 2.45) is 5.84 Å². The van der Waals surface area contributed by atoms with Crippen molar-refractivity contribution in [2.75, 3.05) is 11.1 Å². The summed E-state index contributed by atoms with van der Waals surface area (Å²) in [7, 11) is 0. The summed E-state index contributed by atoms with van der Waals surface area (Å²) >= 11 is 1.49. The Morgan fingerprint density at radius 1 is 1.50 bits per heavy atom. The van der Waals surface area contributed by atoms with E-state index in [0.717, 1.165) is 16.1 Å². The molecule has 0 saturated heterocycles. The van der Waals surface area contributed by atoms with E-state index in [4.69, 9.17) is 5.84 Å². The molecule has 96 valence electrons. The van der Waals surface area contributed by atoms with Gasteiger partial charge in [0.15, 0.2) is 0 Å². The Hall–Kier alpha value is -1.53. The number of hydrogen-bond donors (Lipinski definition) is 3. The van der Waals surface area contributed by atoms with Crippen LogP contribution in [0.4, 0.5) is 5.69 Å². The molecule has 0 aliphatic carbocycles. The smallest absolute Gasteiger partial charge is 0.243 e. The molecule has 4 N–H and O–H groups in total. The molecular weight excluding hydrogens is 250 g/mol. The van der Waals surface area contributed by atoms with Crippen LogP contribution in [0.25, 0.3) is 0 Å². The zero-order chi connectivity index (χ0) is 13.3. The predicted molar refractivity (Wildman–Crippen MR) is 71.2 cm³/mol. The van der Waals surface area contributed by atoms with Crippen LogP contribution in [-0.4, -0.2) is 17.6 Å². The van der Waals surface area contributed by atoms with E-state index < -0.39 is 5.41 Å². The number of nitrogens with one attached hydrogen (secondary N) is 2. The summed E-state index contributed by atoms with van der Waals surface area (Å²) < 4.78 is 0. The number of carbonyl (C=O) groups is 2. The fourth-order valence-electron chi connectivity index (χ4n) is 1.78. The summed E-state index contributed by atoms with van der Waals surface area (Å²) in [4.78, 5) is 24.1. The molecule has 1 aromatic carbocycles. The van der Waals surface area contributed by atoms with Crippen molar-refractivity contribution in [1.82, 2.24) is 5.43 Å². The topological polar surface area (TPSA) is 84.2 Å². The van der Waals surface area contributed by atoms with E-state index in [1.165, 1.54) is 11.8 Å². The van der Waals surface area contributed by atoms with Crippen LogP contribution in [-0.2, 0) is 15.0 Å². The quantitative estimate of drug-likeness (QED) is 0.423. The zero-order valence-corrected chi connectivity index (χ0v) is 11.1. The van der Waals surface area contributed by atoms with Crippen LogP contribution in [0.5, 0.6) is 0 Å². The van der Waals surface area contributed by atoms with Crippen molar-refractivity contribution in [3.63, 3.8) is 0 Å². The maximum absolute atomic E-state index is 11.7. The molecule has 18 heavy (non-hydrogen) atoms. The van der Waals surface area contributed by atoms with Gasteiger partial charge in [-0.1, -0.05) is 6.07 Å². The van der Waals surface area contributed by atoms with Crippen LogP contribution in [0, 0.1) is 0 Å². The number of carbonyl (C=O) groups excluding carboxylic acids is 2. The highest BCUT2D eigenvalue weighted by molar-refractivity contribution is 8.00. The van der Waals surface area contributed by atoms with Gasteiger partial charge in [0, 0.05) is 4.90 Å². The Kier molecular flexibility index (Phi) is 3.32. The zero-order valence-electron chi connectivity index (χ0n) is 10.2. The lowest BCUT2D eigenvalue weighted by atomic mass is 9.83. The molecule has 1 aromatic rings. The molecule has 0 fully saturated rings. The third-order valence-electron chi connectivity index (χ3n) is 3.03. The molecule has 1 aliphatic heterocycles. The monoisotopic (exact) mass is 265 g/mol. The molecule has 2 amide bonds. The van der Waals surface area contributed by atoms with Crippen LogP contribution in [0.15, 0.2) is 23.1 Å². The summed E-state index contributed by atoms with van der Waals surface area (Å²) in [5.41, 5.74) is 2.99. The SMILES string of the molecule is CC(C)(C(=O)NN)c1ccc2c(c1)NC(=O)CS2. The van der Waals surface area contributed by atoms with Crippen molar-refractivity contribution in [1.29, 1.82) is 0 Å². The minimum absolute atomic E-state index is 0.0225. The van der Waals surface area contributed by atoms with Gasteiger partial charge in [0.1, 0.15) is 0 Å². The molecule has 0 radical (unpaired) electrons. The number of nitrogens with two attached hydrogens (primary N) is 1. The van der Waals surface area contributed by atoms with Gasteiger partial charge >= 0.3 is 0 Å². The Morgan fingerprint density at radius 3 is 2.89 bits per heavy atom. The van der Waals surface area contributed by atoms with Gasteiger partial charge in [0.05, 0.1) is 16.9 Å². The summed E-state index contributed by atoms with van der Waals surface area (Å²) in [6.07, 6.45) is 0. The first kappa shape index (κ1) is 12.9. The number of amides is 2. The highest BCUT2D eigenvalue weighted by Gasteiger charge is 2.30. The number of benzene rings is 1. The summed E-state index contributed by atoms with van der Waals surface area (Å²) in [6, 6.07) is 5.63. The van der Waals surface area contributed by atoms with Gasteiger partial charge in [-0.3, -0.25) is 15.0 Å². The van der Waals surface area contributed by atoms with E-state index in [2.05, 4.69) is 10.7 Å². The van der Waals surface area contributed by atoms with Crippen molar-refractivity contribution in [3.8, 4) is 0 Å². The Balaban J connectivity index is 2.39. The molecule has 0 saturated carbocycles. The molecule has 0 spiro atoms. The first-order chi connectivity index (χ1) is 8.45. The second kappa shape index (κ2) is 4.62. The molecule has 0 unspecified atom stereocenters. The van der Waals surface area contributed by atoms with Gasteiger partial charge < -0.3 is 5.32 Å². The molecule has 6 heteroatoms. The maximum Gasteiger partial charge on any atom is 0.243 e. The van der Waals surface area contributed by atoms with E-state index in [-0.39, 0.29) is 11.8 Å². The normalized spacial score (nSPS) is 14.7. The molecule has 0 bridgehead atoms. The number of rotatable bonds is 2. The molecule has 1 aliphatic rings. The molecule has 1 heterocycles. The molecule has 2 rings (SSSR count). The largest absolute Gasteiger partial charge is 0.324 e. The third kappa shape index (κ3) is 2.21. The number of hydrogen-bond acceptors (Lipinski definition) is 4. The number of fused-ring (bicyclic) bond motifs is 1. The predicted octanol–water partition coefficient (Wildman–Crippen LogP) is 0.998. The summed E-state index contributed by atoms with van der Waals surface area (Å²) in [5, 5.41) is 2.81. The lowest BCUT2D eigenvalue weighted by molar-refractivity contribution is -0.125. The van der Waals surface area contributed by atoms with Gasteiger partial charge in [-0.25, -0.2) is 5.84 Å². The van der Waals surface area contributed by atoms with E-state index >= 15 is 0 Å². The third-order valence-corrected chi connectivity index (χ3v) is 4.11. The van der Waals surface area contributed by atoms with E-state index in [1.54, 1.807) is 13.8 Å². The molecule has 0 atom stereocenters.